The first kappa shape index (κ1) is 18.1. The summed E-state index contributed by atoms with van der Waals surface area (Å²) in [5, 5.41) is 17.4. The Bertz CT molecular complexity index is 606. The van der Waals surface area contributed by atoms with Crippen molar-refractivity contribution in [2.75, 3.05) is 6.54 Å². The largest absolute Gasteiger partial charge is 0.481 e. The van der Waals surface area contributed by atoms with Crippen LogP contribution in [0.4, 0.5) is 4.79 Å². The minimum atomic E-state index is -0.827. The number of hydrogen-bond donors (Lipinski definition) is 4. The Labute approximate surface area is 144 Å². The number of carboxylic acids is 1. The third kappa shape index (κ3) is 5.73. The van der Waals surface area contributed by atoms with E-state index in [0.29, 0.717) is 30.8 Å². The van der Waals surface area contributed by atoms with Gasteiger partial charge in [0.05, 0.1) is 12.5 Å². The molecular formula is C16H20ClN3O4. The minimum absolute atomic E-state index is 0.141. The van der Waals surface area contributed by atoms with Gasteiger partial charge in [0.15, 0.2) is 0 Å². The highest BCUT2D eigenvalue weighted by Gasteiger charge is 2.30. The molecular weight excluding hydrogens is 334 g/mol. The first-order valence-electron chi connectivity index (χ1n) is 7.72. The monoisotopic (exact) mass is 353 g/mol. The third-order valence-corrected chi connectivity index (χ3v) is 4.17. The summed E-state index contributed by atoms with van der Waals surface area (Å²) >= 11 is 5.78. The number of carbonyl (C=O) groups excluding carboxylic acids is 2. The number of rotatable bonds is 6. The molecule has 0 radical (unpaired) electrons. The number of amides is 3. The van der Waals surface area contributed by atoms with Crippen molar-refractivity contribution in [3.8, 4) is 0 Å². The predicted octanol–water partition coefficient (Wildman–Crippen LogP) is 1.51. The van der Waals surface area contributed by atoms with E-state index in [9.17, 15) is 14.4 Å². The molecule has 1 aliphatic rings. The Morgan fingerprint density at radius 1 is 1.12 bits per heavy atom. The molecule has 2 rings (SSSR count). The highest BCUT2D eigenvalue weighted by Crippen LogP contribution is 2.25. The molecule has 0 unspecified atom stereocenters. The van der Waals surface area contributed by atoms with Crippen LogP contribution in [-0.4, -0.2) is 35.6 Å². The first-order valence-corrected chi connectivity index (χ1v) is 8.10. The van der Waals surface area contributed by atoms with Crippen molar-refractivity contribution in [1.82, 2.24) is 16.0 Å². The Morgan fingerprint density at radius 2 is 1.83 bits per heavy atom. The third-order valence-electron chi connectivity index (χ3n) is 3.92. The van der Waals surface area contributed by atoms with Crippen LogP contribution in [0.1, 0.15) is 24.8 Å². The highest BCUT2D eigenvalue weighted by atomic mass is 35.5. The number of benzene rings is 1. The van der Waals surface area contributed by atoms with Gasteiger partial charge in [-0.2, -0.15) is 0 Å². The Balaban J connectivity index is 1.63. The summed E-state index contributed by atoms with van der Waals surface area (Å²) < 4.78 is 0. The maximum absolute atomic E-state index is 11.8. The molecule has 2 atom stereocenters. The summed E-state index contributed by atoms with van der Waals surface area (Å²) in [6.07, 6.45) is 1.64. The zero-order valence-corrected chi connectivity index (χ0v) is 13.8. The number of carboxylic acid groups (broad SMARTS) is 1. The molecule has 1 aromatic carbocycles. The van der Waals surface area contributed by atoms with Gasteiger partial charge in [0.2, 0.25) is 5.91 Å². The normalized spacial score (nSPS) is 19.5. The lowest BCUT2D eigenvalue weighted by Crippen LogP contribution is -2.44. The second-order valence-corrected chi connectivity index (χ2v) is 6.21. The SMILES string of the molecule is O=C(CNC(=O)NCc1ccc(Cl)cc1)N[C@@H]1CC[C@H](C(=O)O)C1. The summed E-state index contributed by atoms with van der Waals surface area (Å²) in [5.41, 5.74) is 0.893. The molecule has 1 aliphatic carbocycles. The van der Waals surface area contributed by atoms with Crippen LogP contribution in [0.5, 0.6) is 0 Å². The van der Waals surface area contributed by atoms with E-state index in [2.05, 4.69) is 16.0 Å². The molecule has 0 aromatic heterocycles. The molecule has 0 saturated heterocycles. The van der Waals surface area contributed by atoms with Crippen LogP contribution < -0.4 is 16.0 Å². The standard InChI is InChI=1S/C16H20ClN3O4/c17-12-4-1-10(2-5-12)8-18-16(24)19-9-14(21)20-13-6-3-11(7-13)15(22)23/h1-2,4-5,11,13H,3,6-9H2,(H,20,21)(H,22,23)(H2,18,19,24)/t11-,13+/m0/s1. The Kier molecular flexibility index (Phi) is 6.43. The molecule has 0 heterocycles. The Morgan fingerprint density at radius 3 is 2.46 bits per heavy atom. The van der Waals surface area contributed by atoms with Crippen LogP contribution in [-0.2, 0) is 16.1 Å². The van der Waals surface area contributed by atoms with Gasteiger partial charge < -0.3 is 21.1 Å². The van der Waals surface area contributed by atoms with Gasteiger partial charge in [-0.05, 0) is 37.0 Å². The van der Waals surface area contributed by atoms with E-state index in [1.54, 1.807) is 24.3 Å². The lowest BCUT2D eigenvalue weighted by Gasteiger charge is -2.13. The van der Waals surface area contributed by atoms with Crippen LogP contribution in [0.3, 0.4) is 0 Å². The smallest absolute Gasteiger partial charge is 0.315 e. The molecule has 1 saturated carbocycles. The molecule has 0 bridgehead atoms. The van der Waals surface area contributed by atoms with Gasteiger partial charge in [0, 0.05) is 17.6 Å². The van der Waals surface area contributed by atoms with Crippen molar-refractivity contribution < 1.29 is 19.5 Å². The maximum Gasteiger partial charge on any atom is 0.315 e. The topological polar surface area (TPSA) is 108 Å². The van der Waals surface area contributed by atoms with Crippen LogP contribution in [0.25, 0.3) is 0 Å². The number of nitrogens with one attached hydrogen (secondary N) is 3. The molecule has 130 valence electrons. The average Bonchev–Trinajstić information content (AvgIpc) is 3.01. The molecule has 1 fully saturated rings. The average molecular weight is 354 g/mol. The minimum Gasteiger partial charge on any atom is -0.481 e. The molecule has 7 nitrogen and oxygen atoms in total. The van der Waals surface area contributed by atoms with Gasteiger partial charge in [-0.1, -0.05) is 23.7 Å². The van der Waals surface area contributed by atoms with E-state index in [1.807, 2.05) is 0 Å². The number of aliphatic carboxylic acids is 1. The lowest BCUT2D eigenvalue weighted by molar-refractivity contribution is -0.141. The first-order chi connectivity index (χ1) is 11.4. The van der Waals surface area contributed by atoms with E-state index >= 15 is 0 Å². The van der Waals surface area contributed by atoms with E-state index in [1.165, 1.54) is 0 Å². The van der Waals surface area contributed by atoms with E-state index in [0.717, 1.165) is 5.56 Å². The second kappa shape index (κ2) is 8.54. The van der Waals surface area contributed by atoms with Crippen molar-refractivity contribution >= 4 is 29.5 Å². The molecule has 1 aromatic rings. The predicted molar refractivity (Wildman–Crippen MR) is 88.6 cm³/mol. The zero-order valence-electron chi connectivity index (χ0n) is 13.0. The van der Waals surface area contributed by atoms with Gasteiger partial charge >= 0.3 is 12.0 Å². The van der Waals surface area contributed by atoms with Gasteiger partial charge in [0.25, 0.3) is 0 Å². The van der Waals surface area contributed by atoms with E-state index < -0.39 is 17.9 Å². The fourth-order valence-corrected chi connectivity index (χ4v) is 2.75. The van der Waals surface area contributed by atoms with Crippen molar-refractivity contribution in [3.05, 3.63) is 34.9 Å². The zero-order chi connectivity index (χ0) is 17.5. The summed E-state index contributed by atoms with van der Waals surface area (Å²) in [4.78, 5) is 34.3. The number of urea groups is 1. The van der Waals surface area contributed by atoms with Crippen molar-refractivity contribution in [3.63, 3.8) is 0 Å². The van der Waals surface area contributed by atoms with E-state index in [4.69, 9.17) is 16.7 Å². The summed E-state index contributed by atoms with van der Waals surface area (Å²) in [6.45, 7) is 0.175. The molecule has 3 amide bonds. The summed E-state index contributed by atoms with van der Waals surface area (Å²) in [7, 11) is 0. The van der Waals surface area contributed by atoms with Crippen LogP contribution in [0.2, 0.25) is 5.02 Å². The summed E-state index contributed by atoms with van der Waals surface area (Å²) in [6, 6.07) is 6.47. The van der Waals surface area contributed by atoms with Crippen LogP contribution in [0.15, 0.2) is 24.3 Å². The molecule has 4 N–H and O–H groups in total. The lowest BCUT2D eigenvalue weighted by atomic mass is 10.1. The van der Waals surface area contributed by atoms with Gasteiger partial charge in [-0.3, -0.25) is 9.59 Å². The molecule has 0 aliphatic heterocycles. The molecule has 0 spiro atoms. The quantitative estimate of drug-likeness (QED) is 0.621. The number of halogens is 1. The van der Waals surface area contributed by atoms with Crippen molar-refractivity contribution in [2.45, 2.75) is 31.8 Å². The number of carbonyl (C=O) groups is 3. The van der Waals surface area contributed by atoms with E-state index in [-0.39, 0.29) is 18.5 Å². The highest BCUT2D eigenvalue weighted by molar-refractivity contribution is 6.30. The summed E-state index contributed by atoms with van der Waals surface area (Å²) in [5.74, 6) is -1.55. The van der Waals surface area contributed by atoms with Crippen LogP contribution in [0, 0.1) is 5.92 Å². The van der Waals surface area contributed by atoms with Crippen molar-refractivity contribution in [1.29, 1.82) is 0 Å². The second-order valence-electron chi connectivity index (χ2n) is 5.78. The fourth-order valence-electron chi connectivity index (χ4n) is 2.62. The maximum atomic E-state index is 11.8. The van der Waals surface area contributed by atoms with Crippen LogP contribution >= 0.6 is 11.6 Å². The molecule has 8 heteroatoms. The van der Waals surface area contributed by atoms with Gasteiger partial charge in [0.1, 0.15) is 0 Å². The Hall–Kier alpha value is -2.28. The molecule has 24 heavy (non-hydrogen) atoms. The number of hydrogen-bond acceptors (Lipinski definition) is 3. The van der Waals surface area contributed by atoms with Gasteiger partial charge in [-0.25, -0.2) is 4.79 Å². The fraction of sp³-hybridized carbons (Fsp3) is 0.438. The van der Waals surface area contributed by atoms with Gasteiger partial charge in [-0.15, -0.1) is 0 Å². The van der Waals surface area contributed by atoms with Crippen molar-refractivity contribution in [2.24, 2.45) is 5.92 Å².